The lowest BCUT2D eigenvalue weighted by Gasteiger charge is -2.17. The van der Waals surface area contributed by atoms with Gasteiger partial charge in [0.2, 0.25) is 0 Å². The lowest BCUT2D eigenvalue weighted by Crippen LogP contribution is -2.27. The molecule has 6 nitrogen and oxygen atoms in total. The standard InChI is InChI=1S/C36H28FN3O3/c1-23(25-10-12-28(13-11-25)36(42)43)39-35(41)33-20-30(27-14-16-32(37)17-15-27)19-31-21-38-40(34(31)33)22-24-6-5-9-29(18-24)26-7-3-2-4-8-26/h2-21,23H,22H2,1H3,(H,39,41)(H,42,43)/t23-/m0/s1. The van der Waals surface area contributed by atoms with E-state index in [9.17, 15) is 19.1 Å². The lowest BCUT2D eigenvalue weighted by molar-refractivity contribution is 0.0696. The maximum absolute atomic E-state index is 13.9. The summed E-state index contributed by atoms with van der Waals surface area (Å²) in [5, 5.41) is 17.7. The van der Waals surface area contributed by atoms with Gasteiger partial charge in [-0.15, -0.1) is 0 Å². The van der Waals surface area contributed by atoms with Crippen LogP contribution in [0, 0.1) is 5.82 Å². The Balaban J connectivity index is 1.38. The molecular formula is C36H28FN3O3. The maximum Gasteiger partial charge on any atom is 0.335 e. The smallest absolute Gasteiger partial charge is 0.335 e. The Bertz CT molecular complexity index is 1930. The number of halogens is 1. The van der Waals surface area contributed by atoms with Crippen LogP contribution in [0.3, 0.4) is 0 Å². The summed E-state index contributed by atoms with van der Waals surface area (Å²) in [4.78, 5) is 25.2. The molecule has 0 radical (unpaired) electrons. The SMILES string of the molecule is C[C@H](NC(=O)c1cc(-c2ccc(F)cc2)cc2cnn(Cc3cccc(-c4ccccc4)c3)c12)c1ccc(C(=O)O)cc1. The van der Waals surface area contributed by atoms with E-state index in [1.165, 1.54) is 24.3 Å². The third-order valence-electron chi connectivity index (χ3n) is 7.53. The van der Waals surface area contributed by atoms with Gasteiger partial charge in [-0.25, -0.2) is 9.18 Å². The Labute approximate surface area is 248 Å². The number of carbonyl (C=O) groups excluding carboxylic acids is 1. The number of nitrogens with zero attached hydrogens (tertiary/aromatic N) is 2. The number of hydrogen-bond donors (Lipinski definition) is 2. The van der Waals surface area contributed by atoms with Crippen molar-refractivity contribution in [2.24, 2.45) is 0 Å². The van der Waals surface area contributed by atoms with Crippen molar-refractivity contribution in [3.05, 3.63) is 150 Å². The predicted molar refractivity (Wildman–Crippen MR) is 165 cm³/mol. The van der Waals surface area contributed by atoms with Crippen molar-refractivity contribution in [1.82, 2.24) is 15.1 Å². The number of rotatable bonds is 8. The van der Waals surface area contributed by atoms with Crippen molar-refractivity contribution in [2.45, 2.75) is 19.5 Å². The van der Waals surface area contributed by atoms with E-state index in [1.54, 1.807) is 30.5 Å². The van der Waals surface area contributed by atoms with Crippen LogP contribution in [0.5, 0.6) is 0 Å². The van der Waals surface area contributed by atoms with Crippen molar-refractivity contribution >= 4 is 22.8 Å². The van der Waals surface area contributed by atoms with Crippen molar-refractivity contribution in [2.75, 3.05) is 0 Å². The molecule has 1 amide bonds. The summed E-state index contributed by atoms with van der Waals surface area (Å²) in [5.41, 5.74) is 6.85. The number of carboxylic acid groups (broad SMARTS) is 1. The van der Waals surface area contributed by atoms with E-state index in [0.29, 0.717) is 17.6 Å². The number of aromatic carboxylic acids is 1. The molecule has 0 saturated carbocycles. The molecule has 0 aliphatic rings. The number of benzene rings is 5. The van der Waals surface area contributed by atoms with E-state index < -0.39 is 12.0 Å². The van der Waals surface area contributed by atoms with Crippen LogP contribution < -0.4 is 5.32 Å². The Hall–Kier alpha value is -5.56. The van der Waals surface area contributed by atoms with Crippen LogP contribution in [0.1, 0.15) is 44.8 Å². The second kappa shape index (κ2) is 11.7. The second-order valence-corrected chi connectivity index (χ2v) is 10.5. The Morgan fingerprint density at radius 1 is 0.814 bits per heavy atom. The third-order valence-corrected chi connectivity index (χ3v) is 7.53. The van der Waals surface area contributed by atoms with Gasteiger partial charge in [-0.1, -0.05) is 72.8 Å². The quantitative estimate of drug-likeness (QED) is 0.196. The van der Waals surface area contributed by atoms with Crippen LogP contribution in [0.2, 0.25) is 0 Å². The van der Waals surface area contributed by atoms with Gasteiger partial charge < -0.3 is 10.4 Å². The number of amides is 1. The van der Waals surface area contributed by atoms with E-state index in [1.807, 2.05) is 54.1 Å². The zero-order valence-electron chi connectivity index (χ0n) is 23.4. The molecule has 0 aliphatic carbocycles. The minimum absolute atomic E-state index is 0.177. The van der Waals surface area contributed by atoms with Crippen LogP contribution in [0.15, 0.2) is 121 Å². The molecule has 0 bridgehead atoms. The third kappa shape index (κ3) is 5.92. The first-order valence-corrected chi connectivity index (χ1v) is 13.9. The molecule has 6 aromatic rings. The zero-order chi connectivity index (χ0) is 29.9. The Morgan fingerprint density at radius 3 is 2.23 bits per heavy atom. The fraction of sp³-hybridized carbons (Fsp3) is 0.0833. The first-order valence-electron chi connectivity index (χ1n) is 13.9. The minimum Gasteiger partial charge on any atom is -0.478 e. The average molecular weight is 570 g/mol. The monoisotopic (exact) mass is 569 g/mol. The molecule has 7 heteroatoms. The summed E-state index contributed by atoms with van der Waals surface area (Å²) in [6, 6.07) is 34.4. The summed E-state index contributed by atoms with van der Waals surface area (Å²) >= 11 is 0. The fourth-order valence-corrected chi connectivity index (χ4v) is 5.26. The topological polar surface area (TPSA) is 84.2 Å². The normalized spacial score (nSPS) is 11.8. The number of nitrogens with one attached hydrogen (secondary N) is 1. The van der Waals surface area contributed by atoms with Gasteiger partial charge in [-0.3, -0.25) is 9.48 Å². The molecule has 2 N–H and O–H groups in total. The van der Waals surface area contributed by atoms with E-state index in [4.69, 9.17) is 0 Å². The van der Waals surface area contributed by atoms with Gasteiger partial charge >= 0.3 is 5.97 Å². The summed E-state index contributed by atoms with van der Waals surface area (Å²) in [6.45, 7) is 2.30. The first-order chi connectivity index (χ1) is 20.9. The van der Waals surface area contributed by atoms with Gasteiger partial charge in [0.25, 0.3) is 5.91 Å². The van der Waals surface area contributed by atoms with Crippen molar-refractivity contribution in [3.63, 3.8) is 0 Å². The largest absolute Gasteiger partial charge is 0.478 e. The Morgan fingerprint density at radius 2 is 1.51 bits per heavy atom. The van der Waals surface area contributed by atoms with Crippen LogP contribution in [0.25, 0.3) is 33.2 Å². The van der Waals surface area contributed by atoms with Gasteiger partial charge in [0.1, 0.15) is 5.82 Å². The van der Waals surface area contributed by atoms with E-state index in [2.05, 4.69) is 34.7 Å². The van der Waals surface area contributed by atoms with Crippen molar-refractivity contribution < 1.29 is 19.1 Å². The highest BCUT2D eigenvalue weighted by molar-refractivity contribution is 6.07. The molecule has 0 unspecified atom stereocenters. The minimum atomic E-state index is -1.01. The highest BCUT2D eigenvalue weighted by Gasteiger charge is 2.20. The number of hydrogen-bond acceptors (Lipinski definition) is 3. The number of aromatic nitrogens is 2. The van der Waals surface area contributed by atoms with Gasteiger partial charge in [-0.2, -0.15) is 5.10 Å². The highest BCUT2D eigenvalue weighted by Crippen LogP contribution is 2.30. The summed E-state index contributed by atoms with van der Waals surface area (Å²) in [6.07, 6.45) is 1.74. The molecule has 5 aromatic carbocycles. The lowest BCUT2D eigenvalue weighted by atomic mass is 9.99. The molecule has 1 atom stereocenters. The molecule has 0 spiro atoms. The average Bonchev–Trinajstić information content (AvgIpc) is 3.43. The molecule has 1 aromatic heterocycles. The predicted octanol–water partition coefficient (Wildman–Crippen LogP) is 7.75. The first kappa shape index (κ1) is 27.6. The maximum atomic E-state index is 13.9. The van der Waals surface area contributed by atoms with E-state index in [-0.39, 0.29) is 17.3 Å². The van der Waals surface area contributed by atoms with Crippen molar-refractivity contribution in [3.8, 4) is 22.3 Å². The van der Waals surface area contributed by atoms with E-state index >= 15 is 0 Å². The fourth-order valence-electron chi connectivity index (χ4n) is 5.26. The van der Waals surface area contributed by atoms with Crippen molar-refractivity contribution in [1.29, 1.82) is 0 Å². The zero-order valence-corrected chi connectivity index (χ0v) is 23.4. The summed E-state index contributed by atoms with van der Waals surface area (Å²) in [5.74, 6) is -1.65. The van der Waals surface area contributed by atoms with Gasteiger partial charge in [-0.05, 0) is 82.8 Å². The van der Waals surface area contributed by atoms with E-state index in [0.717, 1.165) is 38.8 Å². The van der Waals surface area contributed by atoms with Crippen LogP contribution in [-0.4, -0.2) is 26.8 Å². The molecule has 0 fully saturated rings. The highest BCUT2D eigenvalue weighted by atomic mass is 19.1. The van der Waals surface area contributed by atoms with Gasteiger partial charge in [0.15, 0.2) is 0 Å². The molecule has 6 rings (SSSR count). The summed E-state index contributed by atoms with van der Waals surface area (Å²) < 4.78 is 15.5. The molecule has 0 saturated heterocycles. The molecule has 1 heterocycles. The Kier molecular flexibility index (Phi) is 7.54. The van der Waals surface area contributed by atoms with Gasteiger partial charge in [0, 0.05) is 5.39 Å². The molecular weight excluding hydrogens is 541 g/mol. The number of carboxylic acids is 1. The number of carbonyl (C=O) groups is 2. The van der Waals surface area contributed by atoms with Crippen LogP contribution >= 0.6 is 0 Å². The summed E-state index contributed by atoms with van der Waals surface area (Å²) in [7, 11) is 0. The van der Waals surface area contributed by atoms with Crippen LogP contribution in [-0.2, 0) is 6.54 Å². The number of fused-ring (bicyclic) bond motifs is 1. The molecule has 212 valence electrons. The van der Waals surface area contributed by atoms with Crippen LogP contribution in [0.4, 0.5) is 4.39 Å². The molecule has 0 aliphatic heterocycles. The second-order valence-electron chi connectivity index (χ2n) is 10.5. The van der Waals surface area contributed by atoms with Gasteiger partial charge in [0.05, 0.1) is 35.4 Å². The molecule has 43 heavy (non-hydrogen) atoms.